The zero-order chi connectivity index (χ0) is 9.19. The van der Waals surface area contributed by atoms with E-state index in [0.29, 0.717) is 5.15 Å². The Morgan fingerprint density at radius 2 is 2.08 bits per heavy atom. The van der Waals surface area contributed by atoms with Crippen LogP contribution < -0.4 is 0 Å². The summed E-state index contributed by atoms with van der Waals surface area (Å²) < 4.78 is 0. The lowest BCUT2D eigenvalue weighted by atomic mass is 9.92. The lowest BCUT2D eigenvalue weighted by Gasteiger charge is -2.16. The third-order valence-electron chi connectivity index (χ3n) is 1.36. The first kappa shape index (κ1) is 9.46. The van der Waals surface area contributed by atoms with Gasteiger partial charge in [-0.05, 0) is 11.5 Å². The normalized spacial score (nSPS) is 11.7. The van der Waals surface area contributed by atoms with E-state index in [1.807, 2.05) is 0 Å². The molecule has 2 nitrogen and oxygen atoms in total. The van der Waals surface area contributed by atoms with Crippen molar-refractivity contribution < 1.29 is 0 Å². The molecule has 0 fully saturated rings. The first-order valence-electron chi connectivity index (χ1n) is 3.95. The molecule has 0 aromatic carbocycles. The van der Waals surface area contributed by atoms with Gasteiger partial charge in [-0.1, -0.05) is 32.4 Å². The predicted molar refractivity (Wildman–Crippen MR) is 50.2 cm³/mol. The molecule has 0 aliphatic carbocycles. The summed E-state index contributed by atoms with van der Waals surface area (Å²) in [6.07, 6.45) is 2.55. The molecule has 0 radical (unpaired) electrons. The van der Waals surface area contributed by atoms with Gasteiger partial charge in [-0.15, -0.1) is 0 Å². The topological polar surface area (TPSA) is 25.8 Å². The zero-order valence-corrected chi connectivity index (χ0v) is 8.39. The van der Waals surface area contributed by atoms with E-state index in [2.05, 4.69) is 30.7 Å². The standard InChI is InChI=1S/C9H13ClN2/c1-9(2,3)6-8-11-5-4-7(10)12-8/h4-5H,6H2,1-3H3. The monoisotopic (exact) mass is 184 g/mol. The molecule has 1 rings (SSSR count). The summed E-state index contributed by atoms with van der Waals surface area (Å²) in [7, 11) is 0. The second-order valence-corrected chi connectivity index (χ2v) is 4.42. The molecule has 0 saturated carbocycles. The van der Waals surface area contributed by atoms with Gasteiger partial charge in [0.1, 0.15) is 11.0 Å². The molecule has 0 aliphatic heterocycles. The van der Waals surface area contributed by atoms with Gasteiger partial charge in [0.25, 0.3) is 0 Å². The van der Waals surface area contributed by atoms with Crippen LogP contribution in [0.4, 0.5) is 0 Å². The smallest absolute Gasteiger partial charge is 0.132 e. The Morgan fingerprint density at radius 1 is 1.42 bits per heavy atom. The minimum absolute atomic E-state index is 0.213. The van der Waals surface area contributed by atoms with Crippen LogP contribution in [0.3, 0.4) is 0 Å². The molecule has 1 aromatic heterocycles. The van der Waals surface area contributed by atoms with Crippen molar-refractivity contribution >= 4 is 11.6 Å². The maximum Gasteiger partial charge on any atom is 0.132 e. The Balaban J connectivity index is 2.77. The molecule has 0 saturated heterocycles. The number of nitrogens with zero attached hydrogens (tertiary/aromatic N) is 2. The minimum Gasteiger partial charge on any atom is -0.241 e. The first-order valence-corrected chi connectivity index (χ1v) is 4.33. The molecule has 0 bridgehead atoms. The SMILES string of the molecule is CC(C)(C)Cc1nccc(Cl)n1. The molecule has 12 heavy (non-hydrogen) atoms. The van der Waals surface area contributed by atoms with E-state index in [9.17, 15) is 0 Å². The lowest BCUT2D eigenvalue weighted by Crippen LogP contribution is -2.11. The second-order valence-electron chi connectivity index (χ2n) is 4.03. The van der Waals surface area contributed by atoms with Gasteiger partial charge in [0.15, 0.2) is 0 Å². The molecule has 1 aromatic rings. The van der Waals surface area contributed by atoms with Crippen molar-refractivity contribution in [3.05, 3.63) is 23.2 Å². The van der Waals surface area contributed by atoms with Gasteiger partial charge in [0, 0.05) is 12.6 Å². The number of hydrogen-bond donors (Lipinski definition) is 0. The molecule has 0 amide bonds. The summed E-state index contributed by atoms with van der Waals surface area (Å²) in [5, 5.41) is 0.518. The maximum absolute atomic E-state index is 5.72. The van der Waals surface area contributed by atoms with Crippen LogP contribution in [0.15, 0.2) is 12.3 Å². The third-order valence-corrected chi connectivity index (χ3v) is 1.57. The van der Waals surface area contributed by atoms with Crippen LogP contribution in [0.1, 0.15) is 26.6 Å². The largest absolute Gasteiger partial charge is 0.241 e. The molecule has 1 heterocycles. The highest BCUT2D eigenvalue weighted by molar-refractivity contribution is 6.29. The zero-order valence-electron chi connectivity index (χ0n) is 7.63. The molecule has 0 aliphatic rings. The Bertz CT molecular complexity index is 265. The molecule has 0 N–H and O–H groups in total. The van der Waals surface area contributed by atoms with Gasteiger partial charge in [0.2, 0.25) is 0 Å². The van der Waals surface area contributed by atoms with Crippen molar-refractivity contribution in [2.24, 2.45) is 5.41 Å². The highest BCUT2D eigenvalue weighted by atomic mass is 35.5. The average molecular weight is 185 g/mol. The molecule has 0 atom stereocenters. The van der Waals surface area contributed by atoms with Crippen molar-refractivity contribution in [2.45, 2.75) is 27.2 Å². The van der Waals surface area contributed by atoms with Gasteiger partial charge < -0.3 is 0 Å². The Kier molecular flexibility index (Phi) is 2.68. The van der Waals surface area contributed by atoms with Crippen LogP contribution in [-0.2, 0) is 6.42 Å². The van der Waals surface area contributed by atoms with Gasteiger partial charge in [-0.2, -0.15) is 0 Å². The highest BCUT2D eigenvalue weighted by Crippen LogP contribution is 2.18. The highest BCUT2D eigenvalue weighted by Gasteiger charge is 2.12. The maximum atomic E-state index is 5.72. The third kappa shape index (κ3) is 3.18. The molecule has 3 heteroatoms. The summed E-state index contributed by atoms with van der Waals surface area (Å²) in [6.45, 7) is 6.45. The Morgan fingerprint density at radius 3 is 2.58 bits per heavy atom. The number of halogens is 1. The molecule has 66 valence electrons. The molecule has 0 spiro atoms. The average Bonchev–Trinajstić information content (AvgIpc) is 1.82. The van der Waals surface area contributed by atoms with E-state index in [4.69, 9.17) is 11.6 Å². The van der Waals surface area contributed by atoms with E-state index >= 15 is 0 Å². The van der Waals surface area contributed by atoms with Gasteiger partial charge in [-0.25, -0.2) is 9.97 Å². The molecular weight excluding hydrogens is 172 g/mol. The Hall–Kier alpha value is -0.630. The van der Waals surface area contributed by atoms with Crippen molar-refractivity contribution in [2.75, 3.05) is 0 Å². The van der Waals surface area contributed by atoms with E-state index in [0.717, 1.165) is 12.2 Å². The number of rotatable bonds is 1. The van der Waals surface area contributed by atoms with Crippen molar-refractivity contribution in [1.29, 1.82) is 0 Å². The van der Waals surface area contributed by atoms with Crippen LogP contribution in [-0.4, -0.2) is 9.97 Å². The van der Waals surface area contributed by atoms with E-state index in [1.54, 1.807) is 12.3 Å². The summed E-state index contributed by atoms with van der Waals surface area (Å²) >= 11 is 5.72. The van der Waals surface area contributed by atoms with Gasteiger partial charge in [0.05, 0.1) is 0 Å². The quantitative estimate of drug-likeness (QED) is 0.628. The summed E-state index contributed by atoms with van der Waals surface area (Å²) in [5.41, 5.74) is 0.213. The second kappa shape index (κ2) is 3.40. The first-order chi connectivity index (χ1) is 5.47. The fourth-order valence-electron chi connectivity index (χ4n) is 0.934. The van der Waals surface area contributed by atoms with E-state index in [-0.39, 0.29) is 5.41 Å². The van der Waals surface area contributed by atoms with E-state index in [1.165, 1.54) is 0 Å². The minimum atomic E-state index is 0.213. The van der Waals surface area contributed by atoms with Crippen molar-refractivity contribution in [3.8, 4) is 0 Å². The number of aromatic nitrogens is 2. The summed E-state index contributed by atoms with van der Waals surface area (Å²) in [4.78, 5) is 8.24. The molecule has 0 unspecified atom stereocenters. The van der Waals surface area contributed by atoms with Crippen LogP contribution in [0.5, 0.6) is 0 Å². The fraction of sp³-hybridized carbons (Fsp3) is 0.556. The molecular formula is C9H13ClN2. The van der Waals surface area contributed by atoms with Crippen LogP contribution in [0, 0.1) is 5.41 Å². The van der Waals surface area contributed by atoms with Crippen molar-refractivity contribution in [1.82, 2.24) is 9.97 Å². The summed E-state index contributed by atoms with van der Waals surface area (Å²) in [6, 6.07) is 1.69. The summed E-state index contributed by atoms with van der Waals surface area (Å²) in [5.74, 6) is 0.815. The number of hydrogen-bond acceptors (Lipinski definition) is 2. The van der Waals surface area contributed by atoms with E-state index < -0.39 is 0 Å². The lowest BCUT2D eigenvalue weighted by molar-refractivity contribution is 0.400. The fourth-order valence-corrected chi connectivity index (χ4v) is 1.09. The Labute approximate surface area is 78.0 Å². The predicted octanol–water partition coefficient (Wildman–Crippen LogP) is 2.72. The van der Waals surface area contributed by atoms with Crippen LogP contribution in [0.2, 0.25) is 5.15 Å². The van der Waals surface area contributed by atoms with Gasteiger partial charge >= 0.3 is 0 Å². The van der Waals surface area contributed by atoms with Crippen LogP contribution >= 0.6 is 11.6 Å². The van der Waals surface area contributed by atoms with Crippen molar-refractivity contribution in [3.63, 3.8) is 0 Å². The van der Waals surface area contributed by atoms with Crippen LogP contribution in [0.25, 0.3) is 0 Å². The van der Waals surface area contributed by atoms with Gasteiger partial charge in [-0.3, -0.25) is 0 Å².